The highest BCUT2D eigenvalue weighted by Gasteiger charge is 2.32. The van der Waals surface area contributed by atoms with Gasteiger partial charge in [0.2, 0.25) is 0 Å². The molecule has 0 unspecified atom stereocenters. The second kappa shape index (κ2) is 9.92. The van der Waals surface area contributed by atoms with Gasteiger partial charge in [-0.1, -0.05) is 0 Å². The molecule has 1 aliphatic carbocycles. The fourth-order valence-electron chi connectivity index (χ4n) is 5.57. The van der Waals surface area contributed by atoms with Gasteiger partial charge in [-0.05, 0) is 82.3 Å². The Morgan fingerprint density at radius 2 is 1.95 bits per heavy atom. The molecule has 0 bridgehead atoms. The van der Waals surface area contributed by atoms with Crippen LogP contribution in [0.15, 0.2) is 42.6 Å². The fraction of sp³-hybridized carbons (Fsp3) is 0.467. The number of imidazole rings is 1. The van der Waals surface area contributed by atoms with Gasteiger partial charge >= 0.3 is 6.09 Å². The van der Waals surface area contributed by atoms with Crippen LogP contribution in [0.2, 0.25) is 0 Å². The predicted molar refractivity (Wildman–Crippen MR) is 154 cm³/mol. The quantitative estimate of drug-likeness (QED) is 0.392. The summed E-state index contributed by atoms with van der Waals surface area (Å²) in [5.74, 6) is 1.31. The Morgan fingerprint density at radius 1 is 1.15 bits per heavy atom. The highest BCUT2D eigenvalue weighted by Crippen LogP contribution is 2.36. The van der Waals surface area contributed by atoms with Crippen LogP contribution in [-0.2, 0) is 18.3 Å². The van der Waals surface area contributed by atoms with Crippen molar-refractivity contribution >= 4 is 34.1 Å². The number of pyridine rings is 1. The zero-order chi connectivity index (χ0) is 28.2. The number of hydrogen-bond acceptors (Lipinski definition) is 6. The van der Waals surface area contributed by atoms with Crippen molar-refractivity contribution in [3.05, 3.63) is 48.2 Å². The van der Waals surface area contributed by atoms with Gasteiger partial charge in [-0.3, -0.25) is 4.79 Å². The monoisotopic (exact) mass is 543 g/mol. The van der Waals surface area contributed by atoms with E-state index in [2.05, 4.69) is 31.6 Å². The minimum atomic E-state index is -0.600. The third kappa shape index (κ3) is 5.28. The predicted octanol–water partition coefficient (Wildman–Crippen LogP) is 4.07. The van der Waals surface area contributed by atoms with E-state index in [1.165, 1.54) is 12.8 Å². The number of benzene rings is 1. The van der Waals surface area contributed by atoms with Crippen LogP contribution in [0, 0.1) is 5.92 Å². The molecule has 2 fully saturated rings. The number of aryl methyl sites for hydroxylation is 1. The number of nitrogens with one attached hydrogen (secondary N) is 1. The lowest BCUT2D eigenvalue weighted by Crippen LogP contribution is -2.57. The van der Waals surface area contributed by atoms with Crippen LogP contribution < -0.4 is 11.1 Å². The van der Waals surface area contributed by atoms with Crippen LogP contribution in [0.1, 0.15) is 50.4 Å². The molecule has 10 nitrogen and oxygen atoms in total. The van der Waals surface area contributed by atoms with Crippen molar-refractivity contribution < 1.29 is 14.3 Å². The summed E-state index contributed by atoms with van der Waals surface area (Å²) in [4.78, 5) is 37.1. The molecule has 2 atom stereocenters. The molecular weight excluding hydrogens is 506 g/mol. The molecule has 210 valence electrons. The number of amides is 2. The van der Waals surface area contributed by atoms with Crippen LogP contribution in [-0.4, -0.2) is 66.8 Å². The number of nitrogens with two attached hydrogens (primary N) is 1. The number of hydrogen-bond donors (Lipinski definition) is 2. The second-order valence-electron chi connectivity index (χ2n) is 12.2. The molecule has 3 N–H and O–H groups in total. The summed E-state index contributed by atoms with van der Waals surface area (Å²) in [7, 11) is 2.01. The number of carbonyl (C=O) groups is 2. The first-order valence-corrected chi connectivity index (χ1v) is 14.0. The van der Waals surface area contributed by atoms with Crippen molar-refractivity contribution in [2.24, 2.45) is 18.7 Å². The number of rotatable bonds is 5. The molecule has 4 aromatic rings. The van der Waals surface area contributed by atoms with Crippen molar-refractivity contribution in [3.63, 3.8) is 0 Å². The summed E-state index contributed by atoms with van der Waals surface area (Å²) in [5, 5.41) is 4.16. The lowest BCUT2D eigenvalue weighted by Gasteiger charge is -2.37. The van der Waals surface area contributed by atoms with E-state index in [-0.39, 0.29) is 18.0 Å². The molecule has 1 saturated heterocycles. The van der Waals surface area contributed by atoms with Gasteiger partial charge in [0.05, 0.1) is 16.7 Å². The Bertz CT molecular complexity index is 1590. The van der Waals surface area contributed by atoms with Crippen molar-refractivity contribution in [1.29, 1.82) is 0 Å². The van der Waals surface area contributed by atoms with Crippen LogP contribution >= 0.6 is 0 Å². The third-order valence-corrected chi connectivity index (χ3v) is 7.64. The van der Waals surface area contributed by atoms with Gasteiger partial charge in [-0.25, -0.2) is 14.8 Å². The van der Waals surface area contributed by atoms with Crippen molar-refractivity contribution in [3.8, 4) is 11.5 Å². The molecule has 4 heterocycles. The summed E-state index contributed by atoms with van der Waals surface area (Å²) in [6.45, 7) is 7.17. The van der Waals surface area contributed by atoms with E-state index < -0.39 is 11.7 Å². The molecule has 2 aliphatic rings. The maximum absolute atomic E-state index is 13.3. The topological polar surface area (TPSA) is 120 Å². The molecule has 10 heteroatoms. The number of piperidine rings is 1. The van der Waals surface area contributed by atoms with E-state index in [9.17, 15) is 9.59 Å². The highest BCUT2D eigenvalue weighted by molar-refractivity contribution is 5.98. The van der Waals surface area contributed by atoms with Crippen LogP contribution in [0.25, 0.3) is 33.6 Å². The summed E-state index contributed by atoms with van der Waals surface area (Å²) < 4.78 is 9.88. The molecule has 40 heavy (non-hydrogen) atoms. The molecule has 6 rings (SSSR count). The molecule has 2 amide bonds. The Hall–Kier alpha value is -3.92. The lowest BCUT2D eigenvalue weighted by atomic mass is 10.0. The minimum absolute atomic E-state index is 0.218. The summed E-state index contributed by atoms with van der Waals surface area (Å²) >= 11 is 0. The fourth-order valence-corrected chi connectivity index (χ4v) is 5.57. The van der Waals surface area contributed by atoms with Gasteiger partial charge in [0.25, 0.3) is 5.91 Å². The standard InChI is InChI=1S/C30H37N7O3/c1-30(2,3)40-29(39)36-16-21(31)14-22(17-36)33-28(38)20-9-10-24-23(12-20)34-27(35(24)4)25-13-19-6-5-11-32-26(19)37(25)15-18-7-8-18/h5-6,9-13,18,21-22H,7-8,14-17,31H2,1-4H3,(H,33,38)/t21-,22+/m0/s1. The van der Waals surface area contributed by atoms with E-state index in [0.29, 0.717) is 31.0 Å². The summed E-state index contributed by atoms with van der Waals surface area (Å²) in [6, 6.07) is 11.3. The van der Waals surface area contributed by atoms with Crippen molar-refractivity contribution in [1.82, 2.24) is 29.3 Å². The van der Waals surface area contributed by atoms with Crippen LogP contribution in [0.3, 0.4) is 0 Å². The first-order valence-electron chi connectivity index (χ1n) is 14.0. The SMILES string of the molecule is Cn1c(-c2cc3cccnc3n2CC2CC2)nc2cc(C(=O)N[C@@H]3C[C@H](N)CN(C(=O)OC(C)(C)C)C3)ccc21. The molecule has 0 spiro atoms. The first-order chi connectivity index (χ1) is 19.1. The summed E-state index contributed by atoms with van der Waals surface area (Å²) in [5.41, 5.74) is 9.84. The number of ether oxygens (including phenoxy) is 1. The van der Waals surface area contributed by atoms with E-state index in [1.807, 2.05) is 58.3 Å². The average molecular weight is 544 g/mol. The molecule has 3 aromatic heterocycles. The Balaban J connectivity index is 1.24. The number of nitrogens with zero attached hydrogens (tertiary/aromatic N) is 5. The van der Waals surface area contributed by atoms with E-state index in [4.69, 9.17) is 15.5 Å². The molecule has 1 aliphatic heterocycles. The van der Waals surface area contributed by atoms with E-state index in [0.717, 1.165) is 40.1 Å². The van der Waals surface area contributed by atoms with Crippen molar-refractivity contribution in [2.45, 2.75) is 64.3 Å². The van der Waals surface area contributed by atoms with Gasteiger partial charge in [0.15, 0.2) is 5.82 Å². The zero-order valence-corrected chi connectivity index (χ0v) is 23.6. The smallest absolute Gasteiger partial charge is 0.410 e. The van der Waals surface area contributed by atoms with Crippen LogP contribution in [0.4, 0.5) is 4.79 Å². The van der Waals surface area contributed by atoms with Crippen LogP contribution in [0.5, 0.6) is 0 Å². The average Bonchev–Trinajstić information content (AvgIpc) is 3.56. The summed E-state index contributed by atoms with van der Waals surface area (Å²) in [6.07, 6.45) is 4.49. The maximum atomic E-state index is 13.3. The minimum Gasteiger partial charge on any atom is -0.444 e. The second-order valence-corrected chi connectivity index (χ2v) is 12.2. The number of fused-ring (bicyclic) bond motifs is 2. The largest absolute Gasteiger partial charge is 0.444 e. The first kappa shape index (κ1) is 26.3. The molecular formula is C30H37N7O3. The van der Waals surface area contributed by atoms with E-state index >= 15 is 0 Å². The normalized spacial score (nSPS) is 19.8. The molecule has 1 aromatic carbocycles. The Labute approximate surface area is 233 Å². The van der Waals surface area contributed by atoms with Gasteiger partial charge in [0, 0.05) is 55.9 Å². The van der Waals surface area contributed by atoms with Crippen molar-refractivity contribution in [2.75, 3.05) is 13.1 Å². The number of likely N-dealkylation sites (tertiary alicyclic amines) is 1. The van der Waals surface area contributed by atoms with Gasteiger partial charge in [-0.15, -0.1) is 0 Å². The van der Waals surface area contributed by atoms with Gasteiger partial charge < -0.3 is 29.8 Å². The third-order valence-electron chi connectivity index (χ3n) is 7.64. The molecule has 0 radical (unpaired) electrons. The lowest BCUT2D eigenvalue weighted by molar-refractivity contribution is 0.0167. The maximum Gasteiger partial charge on any atom is 0.410 e. The van der Waals surface area contributed by atoms with Gasteiger partial charge in [0.1, 0.15) is 11.2 Å². The Kier molecular flexibility index (Phi) is 6.53. The zero-order valence-electron chi connectivity index (χ0n) is 23.6. The van der Waals surface area contributed by atoms with Gasteiger partial charge in [-0.2, -0.15) is 0 Å². The Morgan fingerprint density at radius 3 is 2.70 bits per heavy atom. The number of aromatic nitrogens is 4. The molecule has 1 saturated carbocycles. The number of carbonyl (C=O) groups excluding carboxylic acids is 2. The highest BCUT2D eigenvalue weighted by atomic mass is 16.6. The van der Waals surface area contributed by atoms with E-state index in [1.54, 1.807) is 4.90 Å².